The van der Waals surface area contributed by atoms with E-state index < -0.39 is 0 Å². The third-order valence-electron chi connectivity index (χ3n) is 2.73. The SMILES string of the molecule is Cc1cccc(CNCc2cc(Br)ccc2Cl)c1. The number of nitrogens with one attached hydrogen (secondary N) is 1. The van der Waals surface area contributed by atoms with Gasteiger partial charge in [-0.05, 0) is 36.2 Å². The molecule has 1 nitrogen and oxygen atoms in total. The van der Waals surface area contributed by atoms with Crippen LogP contribution in [-0.4, -0.2) is 0 Å². The van der Waals surface area contributed by atoms with Crippen LogP contribution in [0.5, 0.6) is 0 Å². The molecule has 94 valence electrons. The molecule has 0 bridgehead atoms. The normalized spacial score (nSPS) is 10.6. The van der Waals surface area contributed by atoms with Gasteiger partial charge in [0.05, 0.1) is 0 Å². The first-order chi connectivity index (χ1) is 8.65. The summed E-state index contributed by atoms with van der Waals surface area (Å²) >= 11 is 9.60. The first-order valence-corrected chi connectivity index (χ1v) is 7.02. The van der Waals surface area contributed by atoms with Gasteiger partial charge < -0.3 is 5.32 Å². The van der Waals surface area contributed by atoms with Crippen LogP contribution in [0.4, 0.5) is 0 Å². The Kier molecular flexibility index (Phi) is 4.81. The van der Waals surface area contributed by atoms with Crippen LogP contribution in [0, 0.1) is 6.92 Å². The zero-order valence-electron chi connectivity index (χ0n) is 10.2. The monoisotopic (exact) mass is 323 g/mol. The van der Waals surface area contributed by atoms with Crippen molar-refractivity contribution in [2.45, 2.75) is 20.0 Å². The Bertz CT molecular complexity index is 540. The van der Waals surface area contributed by atoms with E-state index in [-0.39, 0.29) is 0 Å². The van der Waals surface area contributed by atoms with E-state index in [0.717, 1.165) is 28.1 Å². The molecule has 0 atom stereocenters. The van der Waals surface area contributed by atoms with E-state index >= 15 is 0 Å². The minimum atomic E-state index is 0.770. The van der Waals surface area contributed by atoms with Gasteiger partial charge in [-0.25, -0.2) is 0 Å². The predicted molar refractivity (Wildman–Crippen MR) is 80.9 cm³/mol. The Morgan fingerprint density at radius 2 is 1.94 bits per heavy atom. The van der Waals surface area contributed by atoms with Crippen LogP contribution >= 0.6 is 27.5 Å². The van der Waals surface area contributed by atoms with E-state index in [4.69, 9.17) is 11.6 Å². The van der Waals surface area contributed by atoms with Gasteiger partial charge in [-0.15, -0.1) is 0 Å². The van der Waals surface area contributed by atoms with Crippen molar-refractivity contribution in [1.82, 2.24) is 5.32 Å². The summed E-state index contributed by atoms with van der Waals surface area (Å²) in [5, 5.41) is 4.21. The van der Waals surface area contributed by atoms with Crippen molar-refractivity contribution < 1.29 is 0 Å². The zero-order valence-corrected chi connectivity index (χ0v) is 12.6. The van der Waals surface area contributed by atoms with Gasteiger partial charge in [0.25, 0.3) is 0 Å². The minimum absolute atomic E-state index is 0.770. The van der Waals surface area contributed by atoms with E-state index in [9.17, 15) is 0 Å². The molecule has 0 aliphatic carbocycles. The molecule has 0 spiro atoms. The molecule has 0 aliphatic rings. The molecule has 0 aromatic heterocycles. The van der Waals surface area contributed by atoms with Crippen molar-refractivity contribution in [3.63, 3.8) is 0 Å². The molecule has 0 saturated carbocycles. The summed E-state index contributed by atoms with van der Waals surface area (Å²) in [4.78, 5) is 0. The molecular weight excluding hydrogens is 310 g/mol. The van der Waals surface area contributed by atoms with Gasteiger partial charge in [-0.1, -0.05) is 57.4 Å². The van der Waals surface area contributed by atoms with Crippen molar-refractivity contribution in [3.8, 4) is 0 Å². The average Bonchev–Trinajstić information content (AvgIpc) is 2.34. The Morgan fingerprint density at radius 3 is 2.72 bits per heavy atom. The van der Waals surface area contributed by atoms with Crippen LogP contribution in [0.3, 0.4) is 0 Å². The highest BCUT2D eigenvalue weighted by molar-refractivity contribution is 9.10. The van der Waals surface area contributed by atoms with Crippen LogP contribution in [0.2, 0.25) is 5.02 Å². The van der Waals surface area contributed by atoms with E-state index in [2.05, 4.69) is 52.4 Å². The summed E-state index contributed by atoms with van der Waals surface area (Å²) in [7, 11) is 0. The van der Waals surface area contributed by atoms with Crippen LogP contribution < -0.4 is 5.32 Å². The van der Waals surface area contributed by atoms with Crippen molar-refractivity contribution in [1.29, 1.82) is 0 Å². The number of benzene rings is 2. The van der Waals surface area contributed by atoms with Gasteiger partial charge in [0.2, 0.25) is 0 Å². The summed E-state index contributed by atoms with van der Waals surface area (Å²) in [6.07, 6.45) is 0. The van der Waals surface area contributed by atoms with E-state index in [1.165, 1.54) is 11.1 Å². The molecule has 2 aromatic rings. The molecule has 1 N–H and O–H groups in total. The molecule has 0 amide bonds. The van der Waals surface area contributed by atoms with Crippen LogP contribution in [0.25, 0.3) is 0 Å². The molecule has 2 rings (SSSR count). The molecule has 2 aromatic carbocycles. The largest absolute Gasteiger partial charge is 0.309 e. The highest BCUT2D eigenvalue weighted by Crippen LogP contribution is 2.20. The van der Waals surface area contributed by atoms with Gasteiger partial charge >= 0.3 is 0 Å². The van der Waals surface area contributed by atoms with Crippen LogP contribution in [-0.2, 0) is 13.1 Å². The standard InChI is InChI=1S/C15H15BrClN/c1-11-3-2-4-12(7-11)9-18-10-13-8-14(16)5-6-15(13)17/h2-8,18H,9-10H2,1H3. The number of rotatable bonds is 4. The Balaban J connectivity index is 1.94. The van der Waals surface area contributed by atoms with E-state index in [0.29, 0.717) is 0 Å². The average molecular weight is 325 g/mol. The topological polar surface area (TPSA) is 12.0 Å². The van der Waals surface area contributed by atoms with Gasteiger partial charge in [-0.3, -0.25) is 0 Å². The summed E-state index contributed by atoms with van der Waals surface area (Å²) in [6, 6.07) is 14.4. The predicted octanol–water partition coefficient (Wildman–Crippen LogP) is 4.70. The van der Waals surface area contributed by atoms with Gasteiger partial charge in [0.15, 0.2) is 0 Å². The summed E-state index contributed by atoms with van der Waals surface area (Å²) in [6.45, 7) is 3.73. The second-order valence-electron chi connectivity index (χ2n) is 4.33. The summed E-state index contributed by atoms with van der Waals surface area (Å²) in [5.74, 6) is 0. The fourth-order valence-corrected chi connectivity index (χ4v) is 2.44. The minimum Gasteiger partial charge on any atom is -0.309 e. The maximum absolute atomic E-state index is 6.14. The third kappa shape index (κ3) is 3.84. The van der Waals surface area contributed by atoms with Crippen molar-refractivity contribution >= 4 is 27.5 Å². The van der Waals surface area contributed by atoms with Gasteiger partial charge in [0.1, 0.15) is 0 Å². The molecule has 0 radical (unpaired) electrons. The number of halogens is 2. The molecule has 18 heavy (non-hydrogen) atoms. The van der Waals surface area contributed by atoms with Gasteiger partial charge in [-0.2, -0.15) is 0 Å². The lowest BCUT2D eigenvalue weighted by molar-refractivity contribution is 0.693. The van der Waals surface area contributed by atoms with Crippen molar-refractivity contribution in [2.24, 2.45) is 0 Å². The third-order valence-corrected chi connectivity index (χ3v) is 3.60. The zero-order chi connectivity index (χ0) is 13.0. The van der Waals surface area contributed by atoms with Gasteiger partial charge in [0, 0.05) is 22.6 Å². The summed E-state index contributed by atoms with van der Waals surface area (Å²) < 4.78 is 1.05. The van der Waals surface area contributed by atoms with Crippen LogP contribution in [0.1, 0.15) is 16.7 Å². The molecule has 3 heteroatoms. The molecule has 0 unspecified atom stereocenters. The maximum Gasteiger partial charge on any atom is 0.0451 e. The first kappa shape index (κ1) is 13.6. The second-order valence-corrected chi connectivity index (χ2v) is 5.65. The van der Waals surface area contributed by atoms with E-state index in [1.54, 1.807) is 0 Å². The molecule has 0 fully saturated rings. The quantitative estimate of drug-likeness (QED) is 0.859. The molecule has 0 heterocycles. The Morgan fingerprint density at radius 1 is 1.11 bits per heavy atom. The number of aryl methyl sites for hydroxylation is 1. The lowest BCUT2D eigenvalue weighted by Crippen LogP contribution is -2.13. The highest BCUT2D eigenvalue weighted by atomic mass is 79.9. The lowest BCUT2D eigenvalue weighted by Gasteiger charge is -2.08. The molecular formula is C15H15BrClN. The first-order valence-electron chi connectivity index (χ1n) is 5.85. The number of hydrogen-bond acceptors (Lipinski definition) is 1. The fourth-order valence-electron chi connectivity index (χ4n) is 1.84. The maximum atomic E-state index is 6.14. The Labute approximate surface area is 121 Å². The molecule has 0 aliphatic heterocycles. The van der Waals surface area contributed by atoms with Crippen LogP contribution in [0.15, 0.2) is 46.9 Å². The smallest absolute Gasteiger partial charge is 0.0451 e. The lowest BCUT2D eigenvalue weighted by atomic mass is 10.1. The van der Waals surface area contributed by atoms with E-state index in [1.807, 2.05) is 18.2 Å². The number of hydrogen-bond donors (Lipinski definition) is 1. The fraction of sp³-hybridized carbons (Fsp3) is 0.200. The Hall–Kier alpha value is -0.830. The van der Waals surface area contributed by atoms with Crippen molar-refractivity contribution in [3.05, 3.63) is 68.7 Å². The molecule has 0 saturated heterocycles. The second kappa shape index (κ2) is 6.37. The highest BCUT2D eigenvalue weighted by Gasteiger charge is 2.01. The van der Waals surface area contributed by atoms with Crippen molar-refractivity contribution in [2.75, 3.05) is 0 Å². The summed E-state index contributed by atoms with van der Waals surface area (Å²) in [5.41, 5.74) is 3.69.